The van der Waals surface area contributed by atoms with Crippen molar-refractivity contribution < 1.29 is 23.5 Å². The monoisotopic (exact) mass is 458 g/mol. The Labute approximate surface area is 195 Å². The Bertz CT molecular complexity index is 1350. The van der Waals surface area contributed by atoms with Gasteiger partial charge in [0.05, 0.1) is 0 Å². The molecule has 4 rings (SSSR count). The number of amides is 2. The third-order valence-electron chi connectivity index (χ3n) is 4.94. The van der Waals surface area contributed by atoms with Crippen LogP contribution in [0.2, 0.25) is 0 Å². The molecule has 8 nitrogen and oxygen atoms in total. The average Bonchev–Trinajstić information content (AvgIpc) is 2.86. The third kappa shape index (κ3) is 5.60. The van der Waals surface area contributed by atoms with Crippen LogP contribution in [0.5, 0.6) is 11.5 Å². The zero-order valence-electron chi connectivity index (χ0n) is 18.3. The molecule has 172 valence electrons. The molecule has 0 aliphatic carbocycles. The van der Waals surface area contributed by atoms with Gasteiger partial charge in [0, 0.05) is 5.39 Å². The van der Waals surface area contributed by atoms with Gasteiger partial charge in [-0.3, -0.25) is 20.4 Å². The molecular weight excluding hydrogens is 436 g/mol. The fourth-order valence-corrected chi connectivity index (χ4v) is 3.12. The van der Waals surface area contributed by atoms with E-state index in [4.69, 9.17) is 13.9 Å². The number of hydrogen-bond acceptors (Lipinski definition) is 6. The minimum absolute atomic E-state index is 0.223. The zero-order valence-corrected chi connectivity index (χ0v) is 18.3. The minimum Gasteiger partial charge on any atom is -0.489 e. The minimum atomic E-state index is -0.913. The summed E-state index contributed by atoms with van der Waals surface area (Å²) in [5.74, 6) is -0.270. The van der Waals surface area contributed by atoms with Gasteiger partial charge in [-0.15, -0.1) is 0 Å². The summed E-state index contributed by atoms with van der Waals surface area (Å²) in [5.41, 5.74) is 4.87. The molecule has 1 unspecified atom stereocenters. The fraction of sp³-hybridized carbons (Fsp3) is 0.115. The van der Waals surface area contributed by atoms with Crippen LogP contribution >= 0.6 is 0 Å². The van der Waals surface area contributed by atoms with Gasteiger partial charge in [0.1, 0.15) is 29.3 Å². The van der Waals surface area contributed by atoms with Crippen molar-refractivity contribution in [2.75, 3.05) is 0 Å². The Morgan fingerprint density at radius 1 is 0.882 bits per heavy atom. The van der Waals surface area contributed by atoms with Crippen molar-refractivity contribution in [1.29, 1.82) is 0 Å². The van der Waals surface area contributed by atoms with E-state index in [0.717, 1.165) is 5.56 Å². The van der Waals surface area contributed by atoms with Gasteiger partial charge >= 0.3 is 5.63 Å². The molecule has 0 fully saturated rings. The normalized spacial score (nSPS) is 11.4. The quantitative estimate of drug-likeness (QED) is 0.324. The number of carbonyl (C=O) groups excluding carboxylic acids is 2. The number of fused-ring (bicyclic) bond motifs is 1. The largest absolute Gasteiger partial charge is 0.489 e. The first-order valence-electron chi connectivity index (χ1n) is 10.6. The maximum atomic E-state index is 12.4. The van der Waals surface area contributed by atoms with E-state index in [1.165, 1.54) is 13.0 Å². The maximum Gasteiger partial charge on any atom is 0.349 e. The molecule has 8 heteroatoms. The number of para-hydroxylation sites is 1. The summed E-state index contributed by atoms with van der Waals surface area (Å²) in [6.45, 7) is 1.97. The van der Waals surface area contributed by atoms with Gasteiger partial charge < -0.3 is 13.9 Å². The van der Waals surface area contributed by atoms with E-state index in [1.807, 2.05) is 30.3 Å². The van der Waals surface area contributed by atoms with Crippen molar-refractivity contribution in [3.8, 4) is 11.5 Å². The molecule has 2 N–H and O–H groups in total. The number of hydrogen-bond donors (Lipinski definition) is 2. The molecule has 0 aliphatic rings. The lowest BCUT2D eigenvalue weighted by Gasteiger charge is -2.15. The van der Waals surface area contributed by atoms with E-state index in [2.05, 4.69) is 10.9 Å². The van der Waals surface area contributed by atoms with E-state index in [9.17, 15) is 14.4 Å². The Balaban J connectivity index is 1.28. The Morgan fingerprint density at radius 3 is 2.32 bits per heavy atom. The summed E-state index contributed by atoms with van der Waals surface area (Å²) in [6.07, 6.45) is -0.913. The van der Waals surface area contributed by atoms with E-state index < -0.39 is 23.5 Å². The lowest BCUT2D eigenvalue weighted by Crippen LogP contribution is -2.48. The molecule has 0 saturated carbocycles. The molecule has 0 saturated heterocycles. The van der Waals surface area contributed by atoms with Crippen molar-refractivity contribution in [2.24, 2.45) is 0 Å². The first-order valence-corrected chi connectivity index (χ1v) is 10.6. The second-order valence-corrected chi connectivity index (χ2v) is 7.43. The molecule has 0 radical (unpaired) electrons. The number of rotatable bonds is 7. The van der Waals surface area contributed by atoms with Crippen LogP contribution in [-0.4, -0.2) is 17.9 Å². The van der Waals surface area contributed by atoms with Crippen LogP contribution in [0.4, 0.5) is 0 Å². The molecule has 34 heavy (non-hydrogen) atoms. The van der Waals surface area contributed by atoms with Crippen molar-refractivity contribution in [3.05, 3.63) is 106 Å². The number of ether oxygens (including phenoxy) is 2. The molecule has 1 heterocycles. The van der Waals surface area contributed by atoms with Gasteiger partial charge in [-0.25, -0.2) is 4.79 Å². The molecule has 4 aromatic rings. The highest BCUT2D eigenvalue weighted by atomic mass is 16.5. The molecular formula is C26H22N2O6. The van der Waals surface area contributed by atoms with Gasteiger partial charge in [-0.1, -0.05) is 48.5 Å². The van der Waals surface area contributed by atoms with Crippen LogP contribution in [0.25, 0.3) is 11.0 Å². The molecule has 2 amide bonds. The molecule has 3 aromatic carbocycles. The van der Waals surface area contributed by atoms with Crippen molar-refractivity contribution in [1.82, 2.24) is 10.9 Å². The number of nitrogens with one attached hydrogen (secondary N) is 2. The Morgan fingerprint density at radius 2 is 1.56 bits per heavy atom. The summed E-state index contributed by atoms with van der Waals surface area (Å²) >= 11 is 0. The SMILES string of the molecule is CC(Oc1ccc(OCc2ccccc2)cc1)C(=O)NNC(=O)c1cc2ccccc2oc1=O. The summed E-state index contributed by atoms with van der Waals surface area (Å²) < 4.78 is 16.5. The first kappa shape index (κ1) is 22.6. The van der Waals surface area contributed by atoms with Gasteiger partial charge in [-0.2, -0.15) is 0 Å². The standard InChI is InChI=1S/C26H22N2O6/c1-17(33-21-13-11-20(12-14-21)32-16-18-7-3-2-4-8-18)24(29)27-28-25(30)22-15-19-9-5-6-10-23(19)34-26(22)31/h2-15,17H,16H2,1H3,(H,27,29)(H,28,30). The van der Waals surface area contributed by atoms with Gasteiger partial charge in [0.15, 0.2) is 6.10 Å². The van der Waals surface area contributed by atoms with E-state index in [1.54, 1.807) is 48.5 Å². The van der Waals surface area contributed by atoms with E-state index >= 15 is 0 Å². The van der Waals surface area contributed by atoms with Crippen LogP contribution in [0.15, 0.2) is 94.1 Å². The van der Waals surface area contributed by atoms with Crippen LogP contribution < -0.4 is 26.0 Å². The van der Waals surface area contributed by atoms with Crippen LogP contribution in [0.1, 0.15) is 22.8 Å². The summed E-state index contributed by atoms with van der Waals surface area (Å²) in [5, 5.41) is 0.589. The third-order valence-corrected chi connectivity index (χ3v) is 4.94. The van der Waals surface area contributed by atoms with Crippen LogP contribution in [0.3, 0.4) is 0 Å². The average molecular weight is 458 g/mol. The van der Waals surface area contributed by atoms with Gasteiger partial charge in [0.2, 0.25) is 0 Å². The Kier molecular flexibility index (Phi) is 6.88. The predicted octanol–water partition coefficient (Wildman–Crippen LogP) is 3.60. The number of benzene rings is 3. The smallest absolute Gasteiger partial charge is 0.349 e. The Hall–Kier alpha value is -4.59. The highest BCUT2D eigenvalue weighted by Gasteiger charge is 2.18. The van der Waals surface area contributed by atoms with Crippen LogP contribution in [0, 0.1) is 0 Å². The van der Waals surface area contributed by atoms with Crippen molar-refractivity contribution in [2.45, 2.75) is 19.6 Å². The number of carbonyl (C=O) groups is 2. The maximum absolute atomic E-state index is 12.4. The molecule has 0 bridgehead atoms. The molecule has 0 spiro atoms. The molecule has 1 atom stereocenters. The first-order chi connectivity index (χ1) is 16.5. The summed E-state index contributed by atoms with van der Waals surface area (Å²) in [7, 11) is 0. The second-order valence-electron chi connectivity index (χ2n) is 7.43. The topological polar surface area (TPSA) is 107 Å². The van der Waals surface area contributed by atoms with Gasteiger partial charge in [-0.05, 0) is 48.9 Å². The lowest BCUT2D eigenvalue weighted by molar-refractivity contribution is -0.128. The van der Waals surface area contributed by atoms with Crippen molar-refractivity contribution in [3.63, 3.8) is 0 Å². The molecule has 0 aliphatic heterocycles. The highest BCUT2D eigenvalue weighted by molar-refractivity contribution is 5.97. The van der Waals surface area contributed by atoms with Crippen molar-refractivity contribution >= 4 is 22.8 Å². The van der Waals surface area contributed by atoms with Crippen LogP contribution in [-0.2, 0) is 11.4 Å². The summed E-state index contributed by atoms with van der Waals surface area (Å²) in [6, 6.07) is 24.9. The number of hydrazine groups is 1. The van der Waals surface area contributed by atoms with Gasteiger partial charge in [0.25, 0.3) is 11.8 Å². The predicted molar refractivity (Wildman–Crippen MR) is 125 cm³/mol. The molecule has 1 aromatic heterocycles. The van der Waals surface area contributed by atoms with E-state index in [-0.39, 0.29) is 5.56 Å². The highest BCUT2D eigenvalue weighted by Crippen LogP contribution is 2.20. The second kappa shape index (κ2) is 10.4. The fourth-order valence-electron chi connectivity index (χ4n) is 3.12. The lowest BCUT2D eigenvalue weighted by atomic mass is 10.2. The summed E-state index contributed by atoms with van der Waals surface area (Å²) in [4.78, 5) is 36.8. The zero-order chi connectivity index (χ0) is 23.9. The van der Waals surface area contributed by atoms with E-state index in [0.29, 0.717) is 29.1 Å².